The minimum absolute atomic E-state index is 0.377. The van der Waals surface area contributed by atoms with Crippen LogP contribution in [-0.4, -0.2) is 25.0 Å². The van der Waals surface area contributed by atoms with Crippen molar-refractivity contribution < 1.29 is 0 Å². The summed E-state index contributed by atoms with van der Waals surface area (Å²) in [4.78, 5) is 8.07. The van der Waals surface area contributed by atoms with Gasteiger partial charge in [-0.1, -0.05) is 0 Å². The van der Waals surface area contributed by atoms with Crippen molar-refractivity contribution in [3.8, 4) is 0 Å². The molecule has 0 aliphatic rings. The Hall–Kier alpha value is -0.660. The highest BCUT2D eigenvalue weighted by Crippen LogP contribution is 1.82. The fourth-order valence-electron chi connectivity index (χ4n) is 0.315. The molecule has 0 bridgehead atoms. The van der Waals surface area contributed by atoms with Gasteiger partial charge < -0.3 is 0 Å². The first-order valence-corrected chi connectivity index (χ1v) is 3.13. The van der Waals surface area contributed by atoms with Gasteiger partial charge in [0.05, 0.1) is 0 Å². The van der Waals surface area contributed by atoms with Crippen molar-refractivity contribution in [3.05, 3.63) is 0 Å². The van der Waals surface area contributed by atoms with E-state index in [1.54, 1.807) is 13.3 Å². The van der Waals surface area contributed by atoms with Crippen LogP contribution in [0, 0.1) is 0 Å². The van der Waals surface area contributed by atoms with Gasteiger partial charge in [0.25, 0.3) is 0 Å². The molecule has 0 spiro atoms. The van der Waals surface area contributed by atoms with Crippen LogP contribution in [0.1, 0.15) is 20.8 Å². The highest BCUT2D eigenvalue weighted by atomic mass is 14.8. The van der Waals surface area contributed by atoms with E-state index in [4.69, 9.17) is 0 Å². The first-order chi connectivity index (χ1) is 4.16. The molecule has 0 aromatic carbocycles. The van der Waals surface area contributed by atoms with Crippen molar-refractivity contribution >= 4 is 11.9 Å². The smallest absolute Gasteiger partial charge is 0.0492 e. The Morgan fingerprint density at radius 1 is 1.44 bits per heavy atom. The summed E-state index contributed by atoms with van der Waals surface area (Å²) < 4.78 is 0. The van der Waals surface area contributed by atoms with Crippen LogP contribution in [0.4, 0.5) is 0 Å². The predicted octanol–water partition coefficient (Wildman–Crippen LogP) is 1.56. The zero-order chi connectivity index (χ0) is 7.28. The Balaban J connectivity index is 3.71. The lowest BCUT2D eigenvalue weighted by Gasteiger charge is -1.92. The van der Waals surface area contributed by atoms with E-state index in [1.807, 2.05) is 20.8 Å². The van der Waals surface area contributed by atoms with E-state index >= 15 is 0 Å². The third-order valence-corrected chi connectivity index (χ3v) is 0.912. The summed E-state index contributed by atoms with van der Waals surface area (Å²) in [5.74, 6) is 0. The van der Waals surface area contributed by atoms with Crippen molar-refractivity contribution in [1.82, 2.24) is 0 Å². The fraction of sp³-hybridized carbons (Fsp3) is 0.714. The quantitative estimate of drug-likeness (QED) is 0.502. The van der Waals surface area contributed by atoms with Gasteiger partial charge in [-0.15, -0.1) is 0 Å². The van der Waals surface area contributed by atoms with Gasteiger partial charge in [-0.2, -0.15) is 0 Å². The Labute approximate surface area is 56.7 Å². The van der Waals surface area contributed by atoms with Crippen LogP contribution in [0.2, 0.25) is 0 Å². The van der Waals surface area contributed by atoms with E-state index < -0.39 is 0 Å². The van der Waals surface area contributed by atoms with Crippen molar-refractivity contribution in [2.75, 3.05) is 7.05 Å². The highest BCUT2D eigenvalue weighted by Gasteiger charge is 1.83. The molecule has 52 valence electrons. The van der Waals surface area contributed by atoms with Gasteiger partial charge in [0.15, 0.2) is 0 Å². The number of nitrogens with zero attached hydrogens (tertiary/aromatic N) is 2. The molecule has 0 radical (unpaired) electrons. The third kappa shape index (κ3) is 5.21. The molecule has 0 saturated carbocycles. The van der Waals surface area contributed by atoms with E-state index in [1.165, 1.54) is 0 Å². The monoisotopic (exact) mass is 126 g/mol. The van der Waals surface area contributed by atoms with Crippen LogP contribution in [0.15, 0.2) is 9.98 Å². The maximum Gasteiger partial charge on any atom is 0.0492 e. The molecule has 0 aromatic rings. The number of hydrogen-bond donors (Lipinski definition) is 0. The van der Waals surface area contributed by atoms with E-state index in [2.05, 4.69) is 9.98 Å². The van der Waals surface area contributed by atoms with Crippen LogP contribution < -0.4 is 0 Å². The molecule has 0 atom stereocenters. The molecule has 0 saturated heterocycles. The molecule has 0 unspecified atom stereocenters. The zero-order valence-electron chi connectivity index (χ0n) is 6.55. The Kier molecular flexibility index (Phi) is 3.93. The molecule has 0 fully saturated rings. The van der Waals surface area contributed by atoms with Gasteiger partial charge in [-0.3, -0.25) is 9.98 Å². The Morgan fingerprint density at radius 2 is 2.00 bits per heavy atom. The summed E-state index contributed by atoms with van der Waals surface area (Å²) in [7, 11) is 1.77. The fourth-order valence-corrected chi connectivity index (χ4v) is 0.315. The molecule has 0 aliphatic carbocycles. The van der Waals surface area contributed by atoms with Gasteiger partial charge in [0.2, 0.25) is 0 Å². The maximum atomic E-state index is 4.14. The molecule has 2 heteroatoms. The SMILES string of the molecule is CN=C(C)C=NC(C)C. The number of hydrogen-bond acceptors (Lipinski definition) is 2. The third-order valence-electron chi connectivity index (χ3n) is 0.912. The average Bonchev–Trinajstić information content (AvgIpc) is 1.83. The largest absolute Gasteiger partial charge is 0.292 e. The zero-order valence-corrected chi connectivity index (χ0v) is 6.55. The van der Waals surface area contributed by atoms with Crippen LogP contribution in [0.5, 0.6) is 0 Å². The lowest BCUT2D eigenvalue weighted by Crippen LogP contribution is -1.96. The summed E-state index contributed by atoms with van der Waals surface area (Å²) in [6.07, 6.45) is 1.80. The van der Waals surface area contributed by atoms with Gasteiger partial charge in [0, 0.05) is 25.0 Å². The van der Waals surface area contributed by atoms with E-state index in [-0.39, 0.29) is 0 Å². The molecular formula is C7H14N2. The topological polar surface area (TPSA) is 24.7 Å². The summed E-state index contributed by atoms with van der Waals surface area (Å²) >= 11 is 0. The van der Waals surface area contributed by atoms with Gasteiger partial charge >= 0.3 is 0 Å². The van der Waals surface area contributed by atoms with Crippen LogP contribution in [0.3, 0.4) is 0 Å². The molecule has 0 N–H and O–H groups in total. The summed E-state index contributed by atoms with van der Waals surface area (Å²) in [5.41, 5.74) is 0.976. The lowest BCUT2D eigenvalue weighted by atomic mass is 10.4. The second-order valence-electron chi connectivity index (χ2n) is 2.24. The first kappa shape index (κ1) is 8.34. The molecular weight excluding hydrogens is 112 g/mol. The van der Waals surface area contributed by atoms with Crippen molar-refractivity contribution in [2.45, 2.75) is 26.8 Å². The standard InChI is InChI=1S/C7H14N2/c1-6(2)9-5-7(3)8-4/h5-6H,1-4H3. The number of aliphatic imine (C=N–C) groups is 2. The van der Waals surface area contributed by atoms with Crippen molar-refractivity contribution in [2.24, 2.45) is 9.98 Å². The van der Waals surface area contributed by atoms with E-state index in [0.29, 0.717) is 6.04 Å². The van der Waals surface area contributed by atoms with E-state index in [9.17, 15) is 0 Å². The molecule has 0 aliphatic heterocycles. The number of rotatable bonds is 2. The second kappa shape index (κ2) is 4.24. The molecule has 0 rings (SSSR count). The summed E-state index contributed by atoms with van der Waals surface area (Å²) in [6, 6.07) is 0.377. The highest BCUT2D eigenvalue weighted by molar-refractivity contribution is 6.29. The van der Waals surface area contributed by atoms with Crippen LogP contribution in [0.25, 0.3) is 0 Å². The van der Waals surface area contributed by atoms with Gasteiger partial charge in [-0.05, 0) is 20.8 Å². The van der Waals surface area contributed by atoms with Crippen molar-refractivity contribution in [1.29, 1.82) is 0 Å². The normalized spacial score (nSPS) is 13.7. The van der Waals surface area contributed by atoms with E-state index in [0.717, 1.165) is 5.71 Å². The average molecular weight is 126 g/mol. The maximum absolute atomic E-state index is 4.14. The first-order valence-electron chi connectivity index (χ1n) is 3.13. The van der Waals surface area contributed by atoms with Crippen molar-refractivity contribution in [3.63, 3.8) is 0 Å². The molecule has 9 heavy (non-hydrogen) atoms. The molecule has 2 nitrogen and oxygen atoms in total. The minimum atomic E-state index is 0.377. The molecule has 0 heterocycles. The second-order valence-corrected chi connectivity index (χ2v) is 2.24. The minimum Gasteiger partial charge on any atom is -0.292 e. The Morgan fingerprint density at radius 3 is 2.33 bits per heavy atom. The predicted molar refractivity (Wildman–Crippen MR) is 42.7 cm³/mol. The Bertz CT molecular complexity index is 123. The summed E-state index contributed by atoms with van der Waals surface area (Å²) in [5, 5.41) is 0. The lowest BCUT2D eigenvalue weighted by molar-refractivity contribution is 0.842. The summed E-state index contributed by atoms with van der Waals surface area (Å²) in [6.45, 7) is 6.02. The molecule has 0 amide bonds. The molecule has 0 aromatic heterocycles. The van der Waals surface area contributed by atoms with Gasteiger partial charge in [0.1, 0.15) is 0 Å². The van der Waals surface area contributed by atoms with Gasteiger partial charge in [-0.25, -0.2) is 0 Å². The van der Waals surface area contributed by atoms with Crippen LogP contribution >= 0.6 is 0 Å². The van der Waals surface area contributed by atoms with Crippen LogP contribution in [-0.2, 0) is 0 Å².